The molecule has 0 aromatic carbocycles. The van der Waals surface area contributed by atoms with Crippen molar-refractivity contribution in [1.29, 1.82) is 0 Å². The highest BCUT2D eigenvalue weighted by molar-refractivity contribution is 6.00. The van der Waals surface area contributed by atoms with Gasteiger partial charge in [0.2, 0.25) is 0 Å². The Labute approximate surface area is 149 Å². The first kappa shape index (κ1) is 18.2. The van der Waals surface area contributed by atoms with Gasteiger partial charge in [-0.15, -0.1) is 0 Å². The maximum absolute atomic E-state index is 12.5. The average molecular weight is 348 g/mol. The zero-order valence-electron chi connectivity index (χ0n) is 15.6. The van der Waals surface area contributed by atoms with E-state index in [9.17, 15) is 14.7 Å². The standard InChI is InChI=1S/C20H28O5/c1-12(5-8-17(22)24-4)14-9-10-20(3)19(14,2)11-13-16(25-20)7-6-15(21)18(13)23/h9,12,15,21H,5-8,10-11H2,1-4H3/t12?,15-,19-,20-/m0/s1. The van der Waals surface area contributed by atoms with E-state index in [2.05, 4.69) is 26.8 Å². The highest BCUT2D eigenvalue weighted by Crippen LogP contribution is 2.59. The van der Waals surface area contributed by atoms with Crippen molar-refractivity contribution in [3.8, 4) is 0 Å². The van der Waals surface area contributed by atoms with E-state index in [1.807, 2.05) is 0 Å². The Morgan fingerprint density at radius 2 is 2.20 bits per heavy atom. The lowest BCUT2D eigenvalue weighted by atomic mass is 9.63. The molecule has 1 heterocycles. The van der Waals surface area contributed by atoms with Crippen LogP contribution in [0.2, 0.25) is 0 Å². The zero-order chi connectivity index (χ0) is 18.4. The number of carbonyl (C=O) groups excluding carboxylic acids is 2. The molecule has 138 valence electrons. The summed E-state index contributed by atoms with van der Waals surface area (Å²) in [6.07, 6.45) is 4.89. The number of esters is 1. The molecule has 0 aromatic rings. The summed E-state index contributed by atoms with van der Waals surface area (Å²) < 4.78 is 11.1. The highest BCUT2D eigenvalue weighted by atomic mass is 16.5. The second kappa shape index (κ2) is 6.27. The second-order valence-electron chi connectivity index (χ2n) is 8.04. The number of hydrogen-bond acceptors (Lipinski definition) is 5. The lowest BCUT2D eigenvalue weighted by molar-refractivity contribution is -0.140. The number of ether oxygens (including phenoxy) is 2. The topological polar surface area (TPSA) is 72.8 Å². The molecule has 1 aliphatic heterocycles. The Morgan fingerprint density at radius 1 is 1.48 bits per heavy atom. The zero-order valence-corrected chi connectivity index (χ0v) is 15.6. The van der Waals surface area contributed by atoms with Crippen molar-refractivity contribution >= 4 is 11.8 Å². The Bertz CT molecular complexity index is 661. The molecular weight excluding hydrogens is 320 g/mol. The first-order chi connectivity index (χ1) is 11.7. The molecule has 0 fully saturated rings. The fourth-order valence-electron chi connectivity index (χ4n) is 4.65. The van der Waals surface area contributed by atoms with Gasteiger partial charge in [-0.2, -0.15) is 0 Å². The Hall–Kier alpha value is -1.62. The smallest absolute Gasteiger partial charge is 0.305 e. The van der Waals surface area contributed by atoms with Gasteiger partial charge in [0.1, 0.15) is 17.5 Å². The molecular formula is C20H28O5. The molecule has 1 N–H and O–H groups in total. The minimum atomic E-state index is -0.902. The molecule has 0 saturated heterocycles. The Kier molecular flexibility index (Phi) is 4.56. The van der Waals surface area contributed by atoms with Crippen LogP contribution in [0.15, 0.2) is 23.0 Å². The van der Waals surface area contributed by atoms with E-state index in [0.717, 1.165) is 12.2 Å². The summed E-state index contributed by atoms with van der Waals surface area (Å²) in [5.41, 5.74) is 1.24. The molecule has 3 rings (SSSR count). The van der Waals surface area contributed by atoms with Crippen molar-refractivity contribution in [1.82, 2.24) is 0 Å². The van der Waals surface area contributed by atoms with Crippen molar-refractivity contribution in [3.63, 3.8) is 0 Å². The lowest BCUT2D eigenvalue weighted by Crippen LogP contribution is -2.50. The van der Waals surface area contributed by atoms with Crippen LogP contribution in [0.3, 0.4) is 0 Å². The fraction of sp³-hybridized carbons (Fsp3) is 0.700. The van der Waals surface area contributed by atoms with E-state index in [4.69, 9.17) is 9.47 Å². The normalized spacial score (nSPS) is 35.5. The van der Waals surface area contributed by atoms with E-state index < -0.39 is 6.10 Å². The number of allylic oxidation sites excluding steroid dienone is 1. The largest absolute Gasteiger partial charge is 0.490 e. The number of aliphatic hydroxyl groups excluding tert-OH is 1. The third-order valence-corrected chi connectivity index (χ3v) is 6.52. The Morgan fingerprint density at radius 3 is 2.88 bits per heavy atom. The summed E-state index contributed by atoms with van der Waals surface area (Å²) in [5.74, 6) is 0.597. The van der Waals surface area contributed by atoms with Gasteiger partial charge in [-0.05, 0) is 32.1 Å². The number of carbonyl (C=O) groups is 2. The summed E-state index contributed by atoms with van der Waals surface area (Å²) in [5, 5.41) is 9.95. The summed E-state index contributed by atoms with van der Waals surface area (Å²) in [7, 11) is 1.41. The monoisotopic (exact) mass is 348 g/mol. The molecule has 5 heteroatoms. The molecule has 0 amide bonds. The lowest BCUT2D eigenvalue weighted by Gasteiger charge is -2.50. The molecule has 0 saturated carbocycles. The minimum absolute atomic E-state index is 0.182. The van der Waals surface area contributed by atoms with Crippen LogP contribution in [-0.4, -0.2) is 35.7 Å². The van der Waals surface area contributed by atoms with Crippen molar-refractivity contribution in [2.45, 2.75) is 71.0 Å². The first-order valence-electron chi connectivity index (χ1n) is 9.12. The molecule has 25 heavy (non-hydrogen) atoms. The van der Waals surface area contributed by atoms with Crippen LogP contribution in [0.4, 0.5) is 0 Å². The quantitative estimate of drug-likeness (QED) is 0.624. The van der Waals surface area contributed by atoms with E-state index in [-0.39, 0.29) is 28.7 Å². The number of Topliss-reactive ketones (excluding diaryl/α,β-unsaturated/α-hetero) is 1. The van der Waals surface area contributed by atoms with Crippen LogP contribution in [0, 0.1) is 11.3 Å². The number of fused-ring (bicyclic) bond motifs is 1. The van der Waals surface area contributed by atoms with E-state index >= 15 is 0 Å². The SMILES string of the molecule is COC(=O)CCC(C)C1=CC[C@]2(C)OC3=C(C[C@@]12C)C(=O)[C@@H](O)CC3. The van der Waals surface area contributed by atoms with E-state index in [0.29, 0.717) is 37.7 Å². The molecule has 2 aliphatic carbocycles. The maximum atomic E-state index is 12.5. The van der Waals surface area contributed by atoms with Crippen LogP contribution in [-0.2, 0) is 19.1 Å². The summed E-state index contributed by atoms with van der Waals surface area (Å²) in [6, 6.07) is 0. The predicted molar refractivity (Wildman–Crippen MR) is 92.6 cm³/mol. The molecule has 0 radical (unpaired) electrons. The van der Waals surface area contributed by atoms with Crippen LogP contribution in [0.1, 0.15) is 59.3 Å². The van der Waals surface area contributed by atoms with Gasteiger partial charge in [0.25, 0.3) is 0 Å². The fourth-order valence-corrected chi connectivity index (χ4v) is 4.65. The summed E-state index contributed by atoms with van der Waals surface area (Å²) in [4.78, 5) is 23.9. The summed E-state index contributed by atoms with van der Waals surface area (Å²) in [6.45, 7) is 6.38. The van der Waals surface area contributed by atoms with Crippen LogP contribution in [0.5, 0.6) is 0 Å². The summed E-state index contributed by atoms with van der Waals surface area (Å²) >= 11 is 0. The molecule has 0 aromatic heterocycles. The Balaban J connectivity index is 1.85. The number of ketones is 1. The number of rotatable bonds is 4. The molecule has 4 atom stereocenters. The van der Waals surface area contributed by atoms with Crippen molar-refractivity contribution < 1.29 is 24.2 Å². The van der Waals surface area contributed by atoms with Gasteiger partial charge in [0, 0.05) is 30.3 Å². The first-order valence-corrected chi connectivity index (χ1v) is 9.12. The third kappa shape index (κ3) is 2.82. The highest BCUT2D eigenvalue weighted by Gasteiger charge is 2.57. The van der Waals surface area contributed by atoms with Gasteiger partial charge in [-0.3, -0.25) is 9.59 Å². The molecule has 0 spiro atoms. The van der Waals surface area contributed by atoms with Gasteiger partial charge in [0.05, 0.1) is 7.11 Å². The predicted octanol–water partition coefficient (Wildman–Crippen LogP) is 3.07. The number of hydrogen-bond donors (Lipinski definition) is 1. The van der Waals surface area contributed by atoms with Crippen LogP contribution in [0.25, 0.3) is 0 Å². The van der Waals surface area contributed by atoms with E-state index in [1.165, 1.54) is 12.7 Å². The van der Waals surface area contributed by atoms with Gasteiger partial charge >= 0.3 is 5.97 Å². The second-order valence-corrected chi connectivity index (χ2v) is 8.04. The van der Waals surface area contributed by atoms with Crippen LogP contribution >= 0.6 is 0 Å². The number of aliphatic hydroxyl groups is 1. The molecule has 1 unspecified atom stereocenters. The van der Waals surface area contributed by atoms with Gasteiger partial charge < -0.3 is 14.6 Å². The van der Waals surface area contributed by atoms with Crippen molar-refractivity contribution in [2.75, 3.05) is 7.11 Å². The van der Waals surface area contributed by atoms with Gasteiger partial charge in [0.15, 0.2) is 5.78 Å². The van der Waals surface area contributed by atoms with Gasteiger partial charge in [-0.1, -0.05) is 25.5 Å². The average Bonchev–Trinajstić information content (AvgIpc) is 2.85. The van der Waals surface area contributed by atoms with E-state index in [1.54, 1.807) is 0 Å². The van der Waals surface area contributed by atoms with Gasteiger partial charge in [-0.25, -0.2) is 0 Å². The molecule has 3 aliphatic rings. The van der Waals surface area contributed by atoms with Crippen LogP contribution < -0.4 is 0 Å². The molecule has 0 bridgehead atoms. The maximum Gasteiger partial charge on any atom is 0.305 e. The minimum Gasteiger partial charge on any atom is -0.490 e. The number of methoxy groups -OCH3 is 1. The van der Waals surface area contributed by atoms with Crippen molar-refractivity contribution in [3.05, 3.63) is 23.0 Å². The molecule has 5 nitrogen and oxygen atoms in total. The third-order valence-electron chi connectivity index (χ3n) is 6.52. The van der Waals surface area contributed by atoms with Crippen molar-refractivity contribution in [2.24, 2.45) is 11.3 Å².